The number of nitrogens with zero attached hydrogens (tertiary/aromatic N) is 2. The van der Waals surface area contributed by atoms with Crippen LogP contribution in [0.5, 0.6) is 0 Å². The lowest BCUT2D eigenvalue weighted by Gasteiger charge is -2.10. The van der Waals surface area contributed by atoms with Gasteiger partial charge in [-0.15, -0.1) is 0 Å². The first kappa shape index (κ1) is 14.7. The van der Waals surface area contributed by atoms with Crippen molar-refractivity contribution in [2.75, 3.05) is 17.2 Å². The van der Waals surface area contributed by atoms with E-state index in [2.05, 4.69) is 25.9 Å². The molecule has 96 valence electrons. The van der Waals surface area contributed by atoms with Gasteiger partial charge >= 0.3 is 1.43 Å². The number of anilines is 3. The molecule has 0 aliphatic carbocycles. The Labute approximate surface area is 125 Å². The van der Waals surface area contributed by atoms with Crippen molar-refractivity contribution in [3.05, 3.63) is 30.0 Å². The number of alkyl halides is 1. The second-order valence-electron chi connectivity index (χ2n) is 3.54. The summed E-state index contributed by atoms with van der Waals surface area (Å²) >= 11 is 3.36. The predicted molar refractivity (Wildman–Crippen MR) is 74.4 cm³/mol. The van der Waals surface area contributed by atoms with E-state index in [1.54, 1.807) is 0 Å². The van der Waals surface area contributed by atoms with Crippen molar-refractivity contribution in [2.24, 2.45) is 0 Å². The van der Waals surface area contributed by atoms with Crippen LogP contribution in [0.3, 0.4) is 0 Å². The molecule has 0 fully saturated rings. The standard InChI is InChI=1S/C11H12BrN5.BrH/c12-5-8-9(10(14)17-11(15)16-8)6-1-3-7(13)4-2-6;/h1-4H,5,13H2,(H4,14,15,16,17);1H. The van der Waals surface area contributed by atoms with Crippen LogP contribution in [0.2, 0.25) is 0 Å². The predicted octanol–water partition coefficient (Wildman–Crippen LogP) is -1.10. The Hall–Kier alpha value is -1.34. The molecule has 0 saturated heterocycles. The van der Waals surface area contributed by atoms with Crippen LogP contribution < -0.4 is 34.2 Å². The van der Waals surface area contributed by atoms with Crippen molar-refractivity contribution in [3.63, 3.8) is 0 Å². The minimum absolute atomic E-state index is 0. The van der Waals surface area contributed by atoms with Crippen LogP contribution in [0, 0.1) is 0 Å². The van der Waals surface area contributed by atoms with Gasteiger partial charge in [-0.25, -0.2) is 4.98 Å². The third-order valence-electron chi connectivity index (χ3n) is 2.36. The number of benzene rings is 1. The van der Waals surface area contributed by atoms with Gasteiger partial charge in [0.05, 0.1) is 5.69 Å². The quantitative estimate of drug-likeness (QED) is 0.457. The van der Waals surface area contributed by atoms with Gasteiger partial charge in [0.1, 0.15) is 5.82 Å². The summed E-state index contributed by atoms with van der Waals surface area (Å²) in [6.45, 7) is 0. The highest BCUT2D eigenvalue weighted by Gasteiger charge is 2.12. The molecule has 2 rings (SSSR count). The third kappa shape index (κ3) is 2.91. The average molecular weight is 375 g/mol. The average Bonchev–Trinajstić information content (AvgIpc) is 2.30. The minimum Gasteiger partial charge on any atom is -1.00 e. The van der Waals surface area contributed by atoms with E-state index in [1.165, 1.54) is 0 Å². The number of nitrogens with two attached hydrogens (primary N) is 3. The van der Waals surface area contributed by atoms with E-state index in [0.717, 1.165) is 16.8 Å². The third-order valence-corrected chi connectivity index (χ3v) is 2.89. The Morgan fingerprint density at radius 2 is 1.67 bits per heavy atom. The van der Waals surface area contributed by atoms with Crippen molar-refractivity contribution >= 4 is 33.4 Å². The monoisotopic (exact) mass is 373 g/mol. The smallest absolute Gasteiger partial charge is 1.00 e. The summed E-state index contributed by atoms with van der Waals surface area (Å²) < 4.78 is 0. The number of rotatable bonds is 2. The summed E-state index contributed by atoms with van der Waals surface area (Å²) in [6.07, 6.45) is 0. The fourth-order valence-electron chi connectivity index (χ4n) is 1.61. The fourth-order valence-corrected chi connectivity index (χ4v) is 2.01. The molecule has 1 aromatic carbocycles. The first-order valence-electron chi connectivity index (χ1n) is 4.95. The van der Waals surface area contributed by atoms with Gasteiger partial charge in [-0.1, -0.05) is 28.1 Å². The molecular weight excluding hydrogens is 362 g/mol. The summed E-state index contributed by atoms with van der Waals surface area (Å²) in [7, 11) is 0. The van der Waals surface area contributed by atoms with Crippen LogP contribution in [0.25, 0.3) is 11.1 Å². The summed E-state index contributed by atoms with van der Waals surface area (Å²) in [6, 6.07) is 7.38. The molecule has 0 radical (unpaired) electrons. The van der Waals surface area contributed by atoms with Crippen molar-refractivity contribution in [3.8, 4) is 11.1 Å². The molecule has 0 aliphatic heterocycles. The van der Waals surface area contributed by atoms with Gasteiger partial charge in [0.15, 0.2) is 0 Å². The molecule has 0 spiro atoms. The lowest BCUT2D eigenvalue weighted by atomic mass is 10.0. The van der Waals surface area contributed by atoms with Crippen LogP contribution >= 0.6 is 15.9 Å². The topological polar surface area (TPSA) is 104 Å². The Kier molecular flexibility index (Phi) is 4.92. The molecule has 0 amide bonds. The van der Waals surface area contributed by atoms with Gasteiger partial charge in [-0.2, -0.15) is 4.98 Å². The van der Waals surface area contributed by atoms with Crippen molar-refractivity contribution in [2.45, 2.75) is 5.33 Å². The fraction of sp³-hybridized carbons (Fsp3) is 0.0909. The maximum absolute atomic E-state index is 5.88. The molecule has 1 heterocycles. The molecule has 1 aromatic heterocycles. The second kappa shape index (κ2) is 6.01. The summed E-state index contributed by atoms with van der Waals surface area (Å²) in [5.41, 5.74) is 20.3. The molecule has 18 heavy (non-hydrogen) atoms. The number of hydrogen-bond donors (Lipinski definition) is 3. The highest BCUT2D eigenvalue weighted by atomic mass is 79.9. The minimum atomic E-state index is 0. The Morgan fingerprint density at radius 1 is 1.06 bits per heavy atom. The molecule has 0 atom stereocenters. The highest BCUT2D eigenvalue weighted by molar-refractivity contribution is 9.08. The van der Waals surface area contributed by atoms with E-state index in [0.29, 0.717) is 16.8 Å². The van der Waals surface area contributed by atoms with Crippen molar-refractivity contribution < 1.29 is 18.4 Å². The lowest BCUT2D eigenvalue weighted by Crippen LogP contribution is -3.00. The highest BCUT2D eigenvalue weighted by Crippen LogP contribution is 2.29. The molecule has 2 aromatic rings. The van der Waals surface area contributed by atoms with E-state index in [4.69, 9.17) is 17.2 Å². The van der Waals surface area contributed by atoms with Crippen LogP contribution in [0.15, 0.2) is 24.3 Å². The number of hydrogen-bond acceptors (Lipinski definition) is 5. The van der Waals surface area contributed by atoms with Gasteiger partial charge in [-0.3, -0.25) is 0 Å². The van der Waals surface area contributed by atoms with Crippen LogP contribution in [-0.4, -0.2) is 9.97 Å². The van der Waals surface area contributed by atoms with Crippen molar-refractivity contribution in [1.82, 2.24) is 9.97 Å². The van der Waals surface area contributed by atoms with Gasteiger partial charge in [0, 0.05) is 16.6 Å². The molecule has 0 unspecified atom stereocenters. The molecular formula is C11H13Br2N5. The number of nitrogen functional groups attached to an aromatic ring is 3. The maximum Gasteiger partial charge on any atom is 1.00 e. The molecule has 7 heteroatoms. The van der Waals surface area contributed by atoms with Gasteiger partial charge in [0.2, 0.25) is 5.95 Å². The SMILES string of the molecule is Nc1ccc(-c2c(N)nc(N)nc2CBr)cc1.[Br-].[H+]. The molecule has 6 N–H and O–H groups in total. The Morgan fingerprint density at radius 3 is 2.22 bits per heavy atom. The summed E-state index contributed by atoms with van der Waals surface area (Å²) in [5, 5.41) is 0.559. The van der Waals surface area contributed by atoms with Gasteiger partial charge in [0.25, 0.3) is 0 Å². The Balaban J connectivity index is 0.00000162. The number of aromatic nitrogens is 2. The largest absolute Gasteiger partial charge is 1.00 e. The zero-order valence-corrected chi connectivity index (χ0v) is 12.6. The molecule has 5 nitrogen and oxygen atoms in total. The normalized spacial score (nSPS) is 9.83. The number of halogens is 2. The first-order chi connectivity index (χ1) is 8.11. The molecule has 0 aliphatic rings. The zero-order chi connectivity index (χ0) is 12.4. The molecule has 0 saturated carbocycles. The van der Waals surface area contributed by atoms with Crippen LogP contribution in [-0.2, 0) is 5.33 Å². The van der Waals surface area contributed by atoms with E-state index in [-0.39, 0.29) is 24.4 Å². The zero-order valence-electron chi connectivity index (χ0n) is 10.4. The summed E-state index contributed by atoms with van der Waals surface area (Å²) in [5.74, 6) is 0.549. The van der Waals surface area contributed by atoms with Crippen LogP contribution in [0.4, 0.5) is 17.5 Å². The van der Waals surface area contributed by atoms with E-state index in [9.17, 15) is 0 Å². The maximum atomic E-state index is 5.88. The second-order valence-corrected chi connectivity index (χ2v) is 4.11. The van der Waals surface area contributed by atoms with Gasteiger partial charge < -0.3 is 34.2 Å². The van der Waals surface area contributed by atoms with Gasteiger partial charge in [-0.05, 0) is 17.7 Å². The van der Waals surface area contributed by atoms with E-state index < -0.39 is 0 Å². The van der Waals surface area contributed by atoms with E-state index in [1.807, 2.05) is 24.3 Å². The Bertz CT molecular complexity index is 548. The summed E-state index contributed by atoms with van der Waals surface area (Å²) in [4.78, 5) is 8.13. The lowest BCUT2D eigenvalue weighted by molar-refractivity contribution is -0.00000368. The van der Waals surface area contributed by atoms with E-state index >= 15 is 0 Å². The van der Waals surface area contributed by atoms with Crippen LogP contribution in [0.1, 0.15) is 7.12 Å². The molecule has 0 bridgehead atoms. The van der Waals surface area contributed by atoms with Crippen molar-refractivity contribution in [1.29, 1.82) is 0 Å². The first-order valence-corrected chi connectivity index (χ1v) is 6.07.